The van der Waals surface area contributed by atoms with E-state index in [4.69, 9.17) is 23.7 Å². The third-order valence-corrected chi connectivity index (χ3v) is 6.44. The van der Waals surface area contributed by atoms with Gasteiger partial charge in [-0.15, -0.1) is 6.58 Å². The predicted molar refractivity (Wildman–Crippen MR) is 131 cm³/mol. The fourth-order valence-corrected chi connectivity index (χ4v) is 4.20. The number of aliphatic hydroxyl groups is 5. The topological polar surface area (TPSA) is 202 Å². The molecule has 214 valence electrons. The lowest BCUT2D eigenvalue weighted by Gasteiger charge is -2.45. The van der Waals surface area contributed by atoms with Crippen LogP contribution in [0.3, 0.4) is 0 Å². The molecule has 13 heteroatoms. The van der Waals surface area contributed by atoms with Crippen LogP contribution < -0.4 is 0 Å². The van der Waals surface area contributed by atoms with E-state index >= 15 is 0 Å². The number of esters is 2. The predicted octanol–water partition coefficient (Wildman–Crippen LogP) is -0.898. The summed E-state index contributed by atoms with van der Waals surface area (Å²) in [5.41, 5.74) is -1.78. The molecule has 0 aliphatic carbocycles. The number of hydrogen-bond acceptors (Lipinski definition) is 13. The molecule has 39 heavy (non-hydrogen) atoms. The minimum absolute atomic E-state index is 0.0690. The van der Waals surface area contributed by atoms with Gasteiger partial charge in [0, 0.05) is 12.5 Å². The van der Waals surface area contributed by atoms with Gasteiger partial charge in [0.15, 0.2) is 6.29 Å². The minimum atomic E-state index is -2.09. The quantitative estimate of drug-likeness (QED) is 0.119. The Balaban J connectivity index is 1.74. The van der Waals surface area contributed by atoms with Crippen molar-refractivity contribution in [2.75, 3.05) is 20.3 Å². The van der Waals surface area contributed by atoms with Crippen molar-refractivity contribution in [1.82, 2.24) is 0 Å². The first-order valence-corrected chi connectivity index (χ1v) is 11.9. The van der Waals surface area contributed by atoms with Crippen molar-refractivity contribution in [3.05, 3.63) is 60.4 Å². The second-order valence-corrected chi connectivity index (χ2v) is 8.89. The lowest BCUT2D eigenvalue weighted by molar-refractivity contribution is -0.343. The maximum absolute atomic E-state index is 12.4. The average Bonchev–Trinajstić information content (AvgIpc) is 2.92. The zero-order valence-corrected chi connectivity index (χ0v) is 21.0. The lowest BCUT2D eigenvalue weighted by atomic mass is 9.77. The van der Waals surface area contributed by atoms with Gasteiger partial charge in [0.25, 0.3) is 0 Å². The second kappa shape index (κ2) is 13.2. The molecule has 1 saturated heterocycles. The maximum atomic E-state index is 12.4. The highest BCUT2D eigenvalue weighted by Gasteiger charge is 2.53. The van der Waals surface area contributed by atoms with Crippen molar-refractivity contribution in [3.8, 4) is 5.75 Å². The van der Waals surface area contributed by atoms with Crippen LogP contribution in [0.1, 0.15) is 12.0 Å². The number of methoxy groups -OCH3 is 1. The van der Waals surface area contributed by atoms with Crippen molar-refractivity contribution in [2.24, 2.45) is 5.92 Å². The Morgan fingerprint density at radius 2 is 1.79 bits per heavy atom. The lowest BCUT2D eigenvalue weighted by Crippen LogP contribution is -2.61. The van der Waals surface area contributed by atoms with Crippen LogP contribution in [0.2, 0.25) is 0 Å². The number of hydrogen-bond donors (Lipinski definition) is 6. The molecule has 0 aromatic heterocycles. The number of phenolic OH excluding ortho intramolecular Hbond substituents is 1. The van der Waals surface area contributed by atoms with Crippen LogP contribution in [0.5, 0.6) is 5.75 Å². The minimum Gasteiger partial charge on any atom is -0.508 e. The first kappa shape index (κ1) is 30.2. The largest absolute Gasteiger partial charge is 0.508 e. The molecule has 8 atom stereocenters. The Labute approximate surface area is 223 Å². The van der Waals surface area contributed by atoms with Crippen LogP contribution in [0.4, 0.5) is 0 Å². The highest BCUT2D eigenvalue weighted by atomic mass is 16.8. The van der Waals surface area contributed by atoms with Gasteiger partial charge in [-0.1, -0.05) is 18.2 Å². The van der Waals surface area contributed by atoms with Gasteiger partial charge in [-0.3, -0.25) is 0 Å². The summed E-state index contributed by atoms with van der Waals surface area (Å²) in [7, 11) is 1.09. The Bertz CT molecular complexity index is 1070. The van der Waals surface area contributed by atoms with Crippen LogP contribution in [-0.4, -0.2) is 105 Å². The summed E-state index contributed by atoms with van der Waals surface area (Å²) in [5, 5.41) is 60.7. The summed E-state index contributed by atoms with van der Waals surface area (Å²) in [5.74, 6) is -2.82. The van der Waals surface area contributed by atoms with Crippen LogP contribution in [-0.2, 0) is 33.3 Å². The third-order valence-electron chi connectivity index (χ3n) is 6.44. The van der Waals surface area contributed by atoms with Crippen molar-refractivity contribution in [2.45, 2.75) is 49.0 Å². The van der Waals surface area contributed by atoms with E-state index in [1.165, 1.54) is 24.3 Å². The van der Waals surface area contributed by atoms with E-state index in [9.17, 15) is 40.2 Å². The average molecular weight is 553 g/mol. The fraction of sp³-hybridized carbons (Fsp3) is 0.462. The molecule has 1 aromatic carbocycles. The summed E-state index contributed by atoms with van der Waals surface area (Å²) in [6.45, 7) is 2.61. The molecule has 6 N–H and O–H groups in total. The van der Waals surface area contributed by atoms with Crippen molar-refractivity contribution in [3.63, 3.8) is 0 Å². The summed E-state index contributed by atoms with van der Waals surface area (Å²) in [6, 6.07) is 6.07. The van der Waals surface area contributed by atoms with Gasteiger partial charge < -0.3 is 54.3 Å². The molecule has 3 rings (SSSR count). The van der Waals surface area contributed by atoms with E-state index in [1.54, 1.807) is 12.1 Å². The van der Waals surface area contributed by atoms with E-state index in [0.29, 0.717) is 5.56 Å². The third kappa shape index (κ3) is 6.83. The molecular formula is C26H32O13. The van der Waals surface area contributed by atoms with Crippen LogP contribution in [0.25, 0.3) is 6.08 Å². The van der Waals surface area contributed by atoms with E-state index < -0.39 is 67.1 Å². The highest BCUT2D eigenvalue weighted by Crippen LogP contribution is 2.40. The van der Waals surface area contributed by atoms with Gasteiger partial charge in [-0.25, -0.2) is 9.59 Å². The van der Waals surface area contributed by atoms with E-state index in [2.05, 4.69) is 6.58 Å². The first-order chi connectivity index (χ1) is 18.5. The van der Waals surface area contributed by atoms with Gasteiger partial charge >= 0.3 is 11.9 Å². The fourth-order valence-electron chi connectivity index (χ4n) is 4.20. The monoisotopic (exact) mass is 552 g/mol. The Kier molecular flexibility index (Phi) is 10.2. The molecule has 0 unspecified atom stereocenters. The molecular weight excluding hydrogens is 520 g/mol. The second-order valence-electron chi connectivity index (χ2n) is 8.89. The molecule has 0 amide bonds. The summed E-state index contributed by atoms with van der Waals surface area (Å²) in [6.07, 6.45) is -5.00. The molecule has 1 fully saturated rings. The van der Waals surface area contributed by atoms with Gasteiger partial charge in [0.1, 0.15) is 41.3 Å². The van der Waals surface area contributed by atoms with Gasteiger partial charge in [-0.2, -0.15) is 0 Å². The Morgan fingerprint density at radius 3 is 2.41 bits per heavy atom. The van der Waals surface area contributed by atoms with Gasteiger partial charge in [0.05, 0.1) is 32.5 Å². The molecule has 2 aliphatic heterocycles. The van der Waals surface area contributed by atoms with Crippen LogP contribution in [0.15, 0.2) is 54.8 Å². The summed E-state index contributed by atoms with van der Waals surface area (Å²) < 4.78 is 26.4. The van der Waals surface area contributed by atoms with E-state index in [1.807, 2.05) is 0 Å². The summed E-state index contributed by atoms with van der Waals surface area (Å²) in [4.78, 5) is 24.6. The van der Waals surface area contributed by atoms with Crippen LogP contribution in [0, 0.1) is 5.92 Å². The highest BCUT2D eigenvalue weighted by molar-refractivity contribution is 5.91. The Hall–Kier alpha value is -3.30. The van der Waals surface area contributed by atoms with Crippen LogP contribution >= 0.6 is 0 Å². The van der Waals surface area contributed by atoms with E-state index in [-0.39, 0.29) is 24.4 Å². The van der Waals surface area contributed by atoms with Crippen molar-refractivity contribution in [1.29, 1.82) is 0 Å². The van der Waals surface area contributed by atoms with Gasteiger partial charge in [0.2, 0.25) is 6.29 Å². The SMILES string of the molecule is C=C[C@H]1[C@H](O[C@@H]2O[C@H](CO)[C@@H](O)[C@H](O)[C@H]2O)OC=C(C(=O)OC)[C@@]1(O)CCOC(=O)/C=C/c1ccc(O)cc1. The van der Waals surface area contributed by atoms with Gasteiger partial charge in [-0.05, 0) is 23.8 Å². The molecule has 0 spiro atoms. The molecule has 0 radical (unpaired) electrons. The number of phenols is 1. The zero-order chi connectivity index (χ0) is 28.7. The molecule has 2 aliphatic rings. The number of aromatic hydroxyl groups is 1. The number of aliphatic hydroxyl groups excluding tert-OH is 4. The van der Waals surface area contributed by atoms with Crippen molar-refractivity contribution < 1.29 is 63.9 Å². The number of carbonyl (C=O) groups excluding carboxylic acids is 2. The smallest absolute Gasteiger partial charge is 0.339 e. The Morgan fingerprint density at radius 1 is 1.10 bits per heavy atom. The maximum Gasteiger partial charge on any atom is 0.339 e. The molecule has 0 saturated carbocycles. The summed E-state index contributed by atoms with van der Waals surface area (Å²) >= 11 is 0. The first-order valence-electron chi connectivity index (χ1n) is 11.9. The van der Waals surface area contributed by atoms with E-state index in [0.717, 1.165) is 19.4 Å². The standard InChI is InChI=1S/C26H32O13/c1-3-16-24(39-25-22(32)21(31)20(30)18(12-27)38-25)37-13-17(23(33)35-2)26(16,34)10-11-36-19(29)9-6-14-4-7-15(28)8-5-14/h3-9,13,16,18,20-22,24-25,27-28,30-32,34H,1,10-12H2,2H3/b9-6+/t16-,18+,20+,21-,22+,24-,25-,26+/m0/s1. The number of carbonyl (C=O) groups is 2. The molecule has 13 nitrogen and oxygen atoms in total. The molecule has 2 heterocycles. The number of ether oxygens (including phenoxy) is 5. The molecule has 1 aromatic rings. The number of benzene rings is 1. The number of rotatable bonds is 10. The normalized spacial score (nSPS) is 32.7. The zero-order valence-electron chi connectivity index (χ0n) is 21.0. The molecule has 0 bridgehead atoms. The van der Waals surface area contributed by atoms with Crippen molar-refractivity contribution >= 4 is 18.0 Å².